The number of carbonyl (C=O) groups is 5. The molecule has 12 heteroatoms. The maximum Gasteiger partial charge on any atom is 0.269 e. The Morgan fingerprint density at radius 2 is 1.39 bits per heavy atom. The summed E-state index contributed by atoms with van der Waals surface area (Å²) in [5, 5.41) is 18.0. The lowest BCUT2D eigenvalue weighted by Crippen LogP contribution is -2.54. The summed E-state index contributed by atoms with van der Waals surface area (Å²) in [4.78, 5) is 71.3. The van der Waals surface area contributed by atoms with E-state index in [1.54, 1.807) is 0 Å². The molecule has 31 heavy (non-hydrogen) atoms. The molecular weight excluding hydrogens is 410 g/mol. The molecule has 0 spiro atoms. The van der Waals surface area contributed by atoms with Gasteiger partial charge in [-0.3, -0.25) is 39.0 Å². The van der Waals surface area contributed by atoms with Crippen molar-refractivity contribution in [2.24, 2.45) is 0 Å². The normalized spacial score (nSPS) is 16.3. The topological polar surface area (TPSA) is 168 Å². The van der Waals surface area contributed by atoms with Gasteiger partial charge in [-0.2, -0.15) is 0 Å². The molecule has 0 aliphatic carbocycles. The van der Waals surface area contributed by atoms with Gasteiger partial charge >= 0.3 is 0 Å². The van der Waals surface area contributed by atoms with E-state index in [1.165, 1.54) is 45.0 Å². The minimum atomic E-state index is -1.05. The second kappa shape index (κ2) is 9.78. The number of amides is 5. The van der Waals surface area contributed by atoms with Gasteiger partial charge in [0.15, 0.2) is 0 Å². The smallest absolute Gasteiger partial charge is 0.269 e. The third-order valence-electron chi connectivity index (χ3n) is 4.71. The average Bonchev–Trinajstić information content (AvgIpc) is 3.05. The Labute approximate surface area is 177 Å². The van der Waals surface area contributed by atoms with Crippen LogP contribution in [0, 0.1) is 10.1 Å². The van der Waals surface area contributed by atoms with Crippen LogP contribution in [0.2, 0.25) is 0 Å². The maximum atomic E-state index is 12.3. The van der Waals surface area contributed by atoms with E-state index in [9.17, 15) is 34.1 Å². The molecule has 12 nitrogen and oxygen atoms in total. The Kier molecular flexibility index (Phi) is 7.40. The fraction of sp³-hybridized carbons (Fsp3) is 0.421. The number of nitrogens with zero attached hydrogens (tertiary/aromatic N) is 2. The minimum Gasteiger partial charge on any atom is -0.343 e. The summed E-state index contributed by atoms with van der Waals surface area (Å²) in [5.74, 6) is -2.77. The minimum absolute atomic E-state index is 0.0495. The number of likely N-dealkylation sites (tertiary alicyclic amines) is 1. The highest BCUT2D eigenvalue weighted by atomic mass is 16.6. The van der Waals surface area contributed by atoms with Crippen LogP contribution in [0.5, 0.6) is 0 Å². The van der Waals surface area contributed by atoms with Gasteiger partial charge in [0.2, 0.25) is 29.5 Å². The van der Waals surface area contributed by atoms with Gasteiger partial charge < -0.3 is 16.0 Å². The number of nitro groups is 1. The Morgan fingerprint density at radius 1 is 0.903 bits per heavy atom. The zero-order chi connectivity index (χ0) is 23.3. The van der Waals surface area contributed by atoms with E-state index in [1.807, 2.05) is 0 Å². The molecule has 0 radical (unpaired) electrons. The lowest BCUT2D eigenvalue weighted by Gasteiger charge is -2.24. The molecule has 1 fully saturated rings. The molecule has 2 rings (SSSR count). The number of nitro benzene ring substituents is 1. The van der Waals surface area contributed by atoms with Crippen molar-refractivity contribution in [2.45, 2.75) is 51.7 Å². The lowest BCUT2D eigenvalue weighted by molar-refractivity contribution is -0.384. The first kappa shape index (κ1) is 23.4. The third kappa shape index (κ3) is 5.84. The largest absolute Gasteiger partial charge is 0.343 e. The molecule has 1 aliphatic heterocycles. The lowest BCUT2D eigenvalue weighted by atomic mass is 10.2. The van der Waals surface area contributed by atoms with Crippen LogP contribution < -0.4 is 16.0 Å². The predicted octanol–water partition coefficient (Wildman–Crippen LogP) is 0.0802. The first-order valence-corrected chi connectivity index (χ1v) is 9.52. The number of hydrogen-bond acceptors (Lipinski definition) is 7. The average molecular weight is 433 g/mol. The van der Waals surface area contributed by atoms with Gasteiger partial charge in [-0.15, -0.1) is 0 Å². The van der Waals surface area contributed by atoms with Crippen LogP contribution in [-0.2, 0) is 24.0 Å². The van der Waals surface area contributed by atoms with Gasteiger partial charge in [-0.05, 0) is 32.9 Å². The van der Waals surface area contributed by atoms with Crippen molar-refractivity contribution in [2.75, 3.05) is 5.32 Å². The molecular formula is C19H23N5O7. The third-order valence-corrected chi connectivity index (χ3v) is 4.71. The van der Waals surface area contributed by atoms with Crippen molar-refractivity contribution in [1.29, 1.82) is 0 Å². The summed E-state index contributed by atoms with van der Waals surface area (Å²) in [6.45, 7) is 4.22. The number of carbonyl (C=O) groups excluding carboxylic acids is 5. The molecule has 1 saturated heterocycles. The number of benzene rings is 1. The summed E-state index contributed by atoms with van der Waals surface area (Å²) in [7, 11) is 0. The summed E-state index contributed by atoms with van der Waals surface area (Å²) < 4.78 is 0. The summed E-state index contributed by atoms with van der Waals surface area (Å²) >= 11 is 0. The molecule has 1 aromatic carbocycles. The van der Waals surface area contributed by atoms with E-state index in [-0.39, 0.29) is 18.5 Å². The van der Waals surface area contributed by atoms with E-state index in [0.29, 0.717) is 5.69 Å². The number of imide groups is 1. The molecule has 0 bridgehead atoms. The van der Waals surface area contributed by atoms with E-state index in [0.717, 1.165) is 4.90 Å². The molecule has 3 unspecified atom stereocenters. The van der Waals surface area contributed by atoms with Crippen LogP contribution in [-0.4, -0.2) is 57.5 Å². The van der Waals surface area contributed by atoms with E-state index >= 15 is 0 Å². The van der Waals surface area contributed by atoms with Gasteiger partial charge in [0.05, 0.1) is 4.92 Å². The number of nitrogens with one attached hydrogen (secondary N) is 3. The van der Waals surface area contributed by atoms with Crippen molar-refractivity contribution in [3.05, 3.63) is 34.4 Å². The van der Waals surface area contributed by atoms with Crippen molar-refractivity contribution < 1.29 is 28.9 Å². The zero-order valence-electron chi connectivity index (χ0n) is 17.2. The quantitative estimate of drug-likeness (QED) is 0.296. The van der Waals surface area contributed by atoms with E-state index in [2.05, 4.69) is 16.0 Å². The molecule has 166 valence electrons. The van der Waals surface area contributed by atoms with Crippen LogP contribution in [0.4, 0.5) is 11.4 Å². The molecule has 1 heterocycles. The molecule has 3 atom stereocenters. The second-order valence-corrected chi connectivity index (χ2v) is 7.09. The number of non-ortho nitro benzene ring substituents is 1. The standard InChI is InChI=1S/C19H23N5O7/c1-10(21-19(29)12(3)23-15(25)8-9-16(23)26)17(27)20-11(2)18(28)22-13-4-6-14(7-5-13)24(30)31/h4-7,10-12H,8-9H2,1-3H3,(H,20,27)(H,21,29)(H,22,28). The Bertz CT molecular complexity index is 899. The first-order chi connectivity index (χ1) is 14.5. The van der Waals surface area contributed by atoms with Gasteiger partial charge in [-0.25, -0.2) is 0 Å². The number of anilines is 1. The second-order valence-electron chi connectivity index (χ2n) is 7.09. The first-order valence-electron chi connectivity index (χ1n) is 9.52. The highest BCUT2D eigenvalue weighted by molar-refractivity contribution is 6.06. The zero-order valence-corrected chi connectivity index (χ0v) is 17.2. The predicted molar refractivity (Wildman–Crippen MR) is 107 cm³/mol. The van der Waals surface area contributed by atoms with Gasteiger partial charge in [0.1, 0.15) is 18.1 Å². The molecule has 0 aromatic heterocycles. The highest BCUT2D eigenvalue weighted by Gasteiger charge is 2.36. The summed E-state index contributed by atoms with van der Waals surface area (Å²) in [6.07, 6.45) is 0.0990. The van der Waals surface area contributed by atoms with Crippen LogP contribution in [0.3, 0.4) is 0 Å². The van der Waals surface area contributed by atoms with Gasteiger partial charge in [0.25, 0.3) is 5.69 Å². The van der Waals surface area contributed by atoms with Crippen LogP contribution in [0.25, 0.3) is 0 Å². The van der Waals surface area contributed by atoms with Crippen molar-refractivity contribution in [3.8, 4) is 0 Å². The van der Waals surface area contributed by atoms with Crippen LogP contribution >= 0.6 is 0 Å². The molecule has 0 saturated carbocycles. The molecule has 5 amide bonds. The molecule has 1 aromatic rings. The number of rotatable bonds is 8. The highest BCUT2D eigenvalue weighted by Crippen LogP contribution is 2.16. The summed E-state index contributed by atoms with van der Waals surface area (Å²) in [6, 6.07) is 2.12. The van der Waals surface area contributed by atoms with Crippen molar-refractivity contribution in [3.63, 3.8) is 0 Å². The molecule has 1 aliphatic rings. The Hall–Kier alpha value is -3.83. The fourth-order valence-corrected chi connectivity index (χ4v) is 2.86. The molecule has 3 N–H and O–H groups in total. The van der Waals surface area contributed by atoms with Crippen molar-refractivity contribution >= 4 is 40.9 Å². The van der Waals surface area contributed by atoms with Crippen molar-refractivity contribution in [1.82, 2.24) is 15.5 Å². The Morgan fingerprint density at radius 3 is 1.90 bits per heavy atom. The fourth-order valence-electron chi connectivity index (χ4n) is 2.86. The summed E-state index contributed by atoms with van der Waals surface area (Å²) in [5.41, 5.74) is 0.183. The van der Waals surface area contributed by atoms with E-state index < -0.39 is 52.6 Å². The van der Waals surface area contributed by atoms with Crippen LogP contribution in [0.1, 0.15) is 33.6 Å². The van der Waals surface area contributed by atoms with Gasteiger partial charge in [-0.1, -0.05) is 0 Å². The van der Waals surface area contributed by atoms with E-state index in [4.69, 9.17) is 0 Å². The SMILES string of the molecule is CC(NC(=O)C(C)NC(=O)C(C)N1C(=O)CCC1=O)C(=O)Nc1ccc([N+](=O)[O-])cc1. The number of hydrogen-bond donors (Lipinski definition) is 3. The van der Waals surface area contributed by atoms with Crippen LogP contribution in [0.15, 0.2) is 24.3 Å². The maximum absolute atomic E-state index is 12.3. The Balaban J connectivity index is 1.87. The van der Waals surface area contributed by atoms with Gasteiger partial charge in [0, 0.05) is 30.7 Å². The monoisotopic (exact) mass is 433 g/mol.